The molecule has 1 fully saturated rings. The average molecular weight is 252 g/mol. The van der Waals surface area contributed by atoms with Crippen molar-refractivity contribution in [1.82, 2.24) is 4.90 Å². The SMILES string of the molecule is CN(C(=O)Nc1cc(C(=O)O)ccc1F)C1CC1. The Kier molecular flexibility index (Phi) is 3.18. The lowest BCUT2D eigenvalue weighted by Crippen LogP contribution is -2.33. The molecule has 0 unspecified atom stereocenters. The van der Waals surface area contributed by atoms with Crippen molar-refractivity contribution in [2.75, 3.05) is 12.4 Å². The number of carbonyl (C=O) groups is 2. The molecule has 0 bridgehead atoms. The van der Waals surface area contributed by atoms with Gasteiger partial charge < -0.3 is 15.3 Å². The predicted octanol–water partition coefficient (Wildman–Crippen LogP) is 2.15. The molecule has 1 aromatic carbocycles. The highest BCUT2D eigenvalue weighted by Gasteiger charge is 2.29. The second kappa shape index (κ2) is 4.64. The van der Waals surface area contributed by atoms with Gasteiger partial charge in [-0.15, -0.1) is 0 Å². The number of carboxylic acid groups (broad SMARTS) is 1. The van der Waals surface area contributed by atoms with Gasteiger partial charge in [-0.3, -0.25) is 0 Å². The molecule has 0 saturated heterocycles. The van der Waals surface area contributed by atoms with E-state index in [0.29, 0.717) is 0 Å². The second-order valence-electron chi connectivity index (χ2n) is 4.27. The summed E-state index contributed by atoms with van der Waals surface area (Å²) in [6.45, 7) is 0. The number of anilines is 1. The third-order valence-electron chi connectivity index (χ3n) is 2.87. The van der Waals surface area contributed by atoms with E-state index >= 15 is 0 Å². The van der Waals surface area contributed by atoms with Crippen LogP contribution in [0.1, 0.15) is 23.2 Å². The monoisotopic (exact) mass is 252 g/mol. The zero-order valence-corrected chi connectivity index (χ0v) is 9.81. The molecule has 1 aliphatic rings. The van der Waals surface area contributed by atoms with Gasteiger partial charge in [-0.05, 0) is 31.0 Å². The minimum absolute atomic E-state index is 0.0687. The number of halogens is 1. The van der Waals surface area contributed by atoms with E-state index in [1.807, 2.05) is 0 Å². The van der Waals surface area contributed by atoms with Crippen molar-refractivity contribution in [3.63, 3.8) is 0 Å². The van der Waals surface area contributed by atoms with E-state index in [4.69, 9.17) is 5.11 Å². The van der Waals surface area contributed by atoms with Crippen molar-refractivity contribution in [1.29, 1.82) is 0 Å². The predicted molar refractivity (Wildman–Crippen MR) is 63.2 cm³/mol. The van der Waals surface area contributed by atoms with Crippen LogP contribution in [-0.4, -0.2) is 35.1 Å². The standard InChI is InChI=1S/C12H13FN2O3/c1-15(8-3-4-8)12(18)14-10-6-7(11(16)17)2-5-9(10)13/h2,5-6,8H,3-4H2,1H3,(H,14,18)(H,16,17). The lowest BCUT2D eigenvalue weighted by atomic mass is 10.2. The quantitative estimate of drug-likeness (QED) is 0.866. The van der Waals surface area contributed by atoms with Crippen LogP contribution < -0.4 is 5.32 Å². The van der Waals surface area contributed by atoms with Crippen LogP contribution in [-0.2, 0) is 0 Å². The molecule has 1 aliphatic carbocycles. The summed E-state index contributed by atoms with van der Waals surface area (Å²) in [5, 5.41) is 11.2. The Morgan fingerprint density at radius 2 is 2.11 bits per heavy atom. The molecule has 0 aliphatic heterocycles. The fourth-order valence-corrected chi connectivity index (χ4v) is 1.59. The molecule has 1 saturated carbocycles. The summed E-state index contributed by atoms with van der Waals surface area (Å²) < 4.78 is 13.4. The molecule has 2 amide bonds. The molecule has 0 aromatic heterocycles. The number of urea groups is 1. The number of hydrogen-bond acceptors (Lipinski definition) is 2. The summed E-state index contributed by atoms with van der Waals surface area (Å²) in [6, 6.07) is 3.05. The Bertz CT molecular complexity index is 500. The van der Waals surface area contributed by atoms with Crippen molar-refractivity contribution in [3.05, 3.63) is 29.6 Å². The van der Waals surface area contributed by atoms with Gasteiger partial charge in [0, 0.05) is 13.1 Å². The van der Waals surface area contributed by atoms with Gasteiger partial charge in [-0.1, -0.05) is 0 Å². The molecule has 0 spiro atoms. The van der Waals surface area contributed by atoms with Gasteiger partial charge in [0.15, 0.2) is 0 Å². The van der Waals surface area contributed by atoms with Crippen LogP contribution in [0.15, 0.2) is 18.2 Å². The minimum Gasteiger partial charge on any atom is -0.478 e. The van der Waals surface area contributed by atoms with Crippen molar-refractivity contribution in [2.24, 2.45) is 0 Å². The molecule has 18 heavy (non-hydrogen) atoms. The molecular formula is C12H13FN2O3. The van der Waals surface area contributed by atoms with E-state index in [2.05, 4.69) is 5.32 Å². The number of amides is 2. The maximum atomic E-state index is 13.4. The number of carboxylic acids is 1. The van der Waals surface area contributed by atoms with Crippen LogP contribution in [0.5, 0.6) is 0 Å². The van der Waals surface area contributed by atoms with Crippen molar-refractivity contribution >= 4 is 17.7 Å². The molecule has 6 heteroatoms. The van der Waals surface area contributed by atoms with Gasteiger partial charge in [-0.2, -0.15) is 0 Å². The molecule has 2 rings (SSSR count). The topological polar surface area (TPSA) is 69.6 Å². The second-order valence-corrected chi connectivity index (χ2v) is 4.27. The summed E-state index contributed by atoms with van der Waals surface area (Å²) in [4.78, 5) is 24.0. The first-order valence-corrected chi connectivity index (χ1v) is 5.55. The highest BCUT2D eigenvalue weighted by atomic mass is 19.1. The molecule has 5 nitrogen and oxygen atoms in total. The smallest absolute Gasteiger partial charge is 0.335 e. The normalized spacial score (nSPS) is 14.1. The summed E-state index contributed by atoms with van der Waals surface area (Å²) >= 11 is 0. The Hall–Kier alpha value is -2.11. The largest absolute Gasteiger partial charge is 0.478 e. The first kappa shape index (κ1) is 12.3. The van der Waals surface area contributed by atoms with Gasteiger partial charge >= 0.3 is 12.0 Å². The number of nitrogens with one attached hydrogen (secondary N) is 1. The van der Waals surface area contributed by atoms with Crippen molar-refractivity contribution < 1.29 is 19.1 Å². The Labute approximate surface area is 103 Å². The summed E-state index contributed by atoms with van der Waals surface area (Å²) in [5.74, 6) is -1.82. The fraction of sp³-hybridized carbons (Fsp3) is 0.333. The molecule has 2 N–H and O–H groups in total. The summed E-state index contributed by atoms with van der Waals surface area (Å²) in [5.41, 5.74) is -0.187. The Balaban J connectivity index is 2.14. The van der Waals surface area contributed by atoms with E-state index < -0.39 is 17.8 Å². The lowest BCUT2D eigenvalue weighted by molar-refractivity contribution is 0.0697. The van der Waals surface area contributed by atoms with E-state index in [1.165, 1.54) is 4.90 Å². The zero-order valence-electron chi connectivity index (χ0n) is 9.81. The molecular weight excluding hydrogens is 239 g/mol. The van der Waals surface area contributed by atoms with Crippen LogP contribution >= 0.6 is 0 Å². The van der Waals surface area contributed by atoms with Crippen LogP contribution in [0.3, 0.4) is 0 Å². The maximum absolute atomic E-state index is 13.4. The first-order valence-electron chi connectivity index (χ1n) is 5.55. The highest BCUT2D eigenvalue weighted by Crippen LogP contribution is 2.26. The molecule has 96 valence electrons. The molecule has 0 atom stereocenters. The van der Waals surface area contributed by atoms with Crippen LogP contribution in [0.4, 0.5) is 14.9 Å². The number of nitrogens with zero attached hydrogens (tertiary/aromatic N) is 1. The number of aromatic carboxylic acids is 1. The fourth-order valence-electron chi connectivity index (χ4n) is 1.59. The van der Waals surface area contributed by atoms with Crippen LogP contribution in [0.25, 0.3) is 0 Å². The molecule has 0 heterocycles. The van der Waals surface area contributed by atoms with Gasteiger partial charge in [0.05, 0.1) is 11.3 Å². The summed E-state index contributed by atoms with van der Waals surface area (Å²) in [6.07, 6.45) is 1.89. The average Bonchev–Trinajstić information content (AvgIpc) is 3.14. The third-order valence-corrected chi connectivity index (χ3v) is 2.87. The number of carbonyl (C=O) groups excluding carboxylic acids is 1. The Morgan fingerprint density at radius 3 is 2.67 bits per heavy atom. The zero-order chi connectivity index (χ0) is 13.3. The van der Waals surface area contributed by atoms with E-state index in [-0.39, 0.29) is 17.3 Å². The maximum Gasteiger partial charge on any atom is 0.335 e. The third kappa shape index (κ3) is 2.58. The van der Waals surface area contributed by atoms with Crippen molar-refractivity contribution in [2.45, 2.75) is 18.9 Å². The number of rotatable bonds is 3. The van der Waals surface area contributed by atoms with Gasteiger partial charge in [0.2, 0.25) is 0 Å². The van der Waals surface area contributed by atoms with E-state index in [1.54, 1.807) is 7.05 Å². The molecule has 1 aromatic rings. The number of hydrogen-bond donors (Lipinski definition) is 2. The first-order chi connectivity index (χ1) is 8.49. The van der Waals surface area contributed by atoms with Crippen molar-refractivity contribution in [3.8, 4) is 0 Å². The van der Waals surface area contributed by atoms with E-state index in [9.17, 15) is 14.0 Å². The Morgan fingerprint density at radius 1 is 1.44 bits per heavy atom. The van der Waals surface area contributed by atoms with Crippen LogP contribution in [0.2, 0.25) is 0 Å². The van der Waals surface area contributed by atoms with Crippen LogP contribution in [0, 0.1) is 5.82 Å². The lowest BCUT2D eigenvalue weighted by Gasteiger charge is -2.17. The van der Waals surface area contributed by atoms with Gasteiger partial charge in [0.25, 0.3) is 0 Å². The highest BCUT2D eigenvalue weighted by molar-refractivity contribution is 5.93. The van der Waals surface area contributed by atoms with Gasteiger partial charge in [-0.25, -0.2) is 14.0 Å². The van der Waals surface area contributed by atoms with Gasteiger partial charge in [0.1, 0.15) is 5.82 Å². The minimum atomic E-state index is -1.17. The number of benzene rings is 1. The summed E-state index contributed by atoms with van der Waals surface area (Å²) in [7, 11) is 1.63. The molecule has 0 radical (unpaired) electrons. The van der Waals surface area contributed by atoms with E-state index in [0.717, 1.165) is 31.0 Å².